The van der Waals surface area contributed by atoms with Gasteiger partial charge in [0.2, 0.25) is 0 Å². The normalized spacial score (nSPS) is 12.8. The number of hydrogen-bond donors (Lipinski definition) is 1. The average Bonchev–Trinajstić information content (AvgIpc) is 2.44. The van der Waals surface area contributed by atoms with E-state index in [-0.39, 0.29) is 5.25 Å². The molecule has 6 heteroatoms. The van der Waals surface area contributed by atoms with Gasteiger partial charge in [-0.1, -0.05) is 18.5 Å². The van der Waals surface area contributed by atoms with Gasteiger partial charge in [0, 0.05) is 18.4 Å². The van der Waals surface area contributed by atoms with E-state index in [1.54, 1.807) is 11.7 Å². The number of nitrogens with zero attached hydrogens (tertiary/aromatic N) is 2. The Bertz CT molecular complexity index is 392. The molecule has 0 aliphatic heterocycles. The summed E-state index contributed by atoms with van der Waals surface area (Å²) < 4.78 is 1.61. The largest absolute Gasteiger partial charge is 0.480 e. The summed E-state index contributed by atoms with van der Waals surface area (Å²) in [6, 6.07) is 0. The van der Waals surface area contributed by atoms with Crippen molar-refractivity contribution < 1.29 is 9.90 Å². The van der Waals surface area contributed by atoms with Crippen LogP contribution < -0.4 is 0 Å². The second-order valence-electron chi connectivity index (χ2n) is 3.52. The van der Waals surface area contributed by atoms with Gasteiger partial charge >= 0.3 is 5.97 Å². The monoisotopic (exact) mass is 262 g/mol. The minimum atomic E-state index is -0.773. The van der Waals surface area contributed by atoms with E-state index >= 15 is 0 Å². The van der Waals surface area contributed by atoms with Crippen LogP contribution >= 0.6 is 23.4 Å². The van der Waals surface area contributed by atoms with Crippen molar-refractivity contribution in [2.24, 2.45) is 7.05 Å². The molecule has 0 radical (unpaired) electrons. The minimum absolute atomic E-state index is 0.379. The molecule has 0 saturated carbocycles. The van der Waals surface area contributed by atoms with Crippen molar-refractivity contribution in [3.8, 4) is 0 Å². The van der Waals surface area contributed by atoms with Gasteiger partial charge in [-0.15, -0.1) is 11.8 Å². The summed E-state index contributed by atoms with van der Waals surface area (Å²) >= 11 is 7.45. The van der Waals surface area contributed by atoms with Crippen molar-refractivity contribution in [2.45, 2.75) is 31.3 Å². The van der Waals surface area contributed by atoms with Crippen molar-refractivity contribution in [2.75, 3.05) is 0 Å². The van der Waals surface area contributed by atoms with E-state index in [1.165, 1.54) is 11.8 Å². The van der Waals surface area contributed by atoms with E-state index < -0.39 is 5.97 Å². The Balaban J connectivity index is 2.70. The van der Waals surface area contributed by atoms with Crippen molar-refractivity contribution in [3.63, 3.8) is 0 Å². The van der Waals surface area contributed by atoms with Crippen LogP contribution in [0.4, 0.5) is 0 Å². The molecule has 0 saturated heterocycles. The lowest BCUT2D eigenvalue weighted by atomic mass is 10.3. The zero-order valence-corrected chi connectivity index (χ0v) is 11.1. The molecule has 90 valence electrons. The number of aryl methyl sites for hydroxylation is 2. The zero-order chi connectivity index (χ0) is 12.3. The Morgan fingerprint density at radius 1 is 1.69 bits per heavy atom. The molecular weight excluding hydrogens is 248 g/mol. The van der Waals surface area contributed by atoms with Crippen molar-refractivity contribution in [1.82, 2.24) is 9.78 Å². The van der Waals surface area contributed by atoms with Crippen LogP contribution in [0.1, 0.15) is 24.6 Å². The molecule has 1 unspecified atom stereocenters. The number of aliphatic carboxylic acids is 1. The fraction of sp³-hybridized carbons (Fsp3) is 0.600. The smallest absolute Gasteiger partial charge is 0.316 e. The van der Waals surface area contributed by atoms with Crippen molar-refractivity contribution in [3.05, 3.63) is 16.4 Å². The number of halogens is 1. The molecule has 16 heavy (non-hydrogen) atoms. The van der Waals surface area contributed by atoms with Gasteiger partial charge in [0.25, 0.3) is 0 Å². The maximum absolute atomic E-state index is 10.9. The summed E-state index contributed by atoms with van der Waals surface area (Å²) in [6.07, 6.45) is 0.608. The molecule has 4 nitrogen and oxygen atoms in total. The summed E-state index contributed by atoms with van der Waals surface area (Å²) in [7, 11) is 1.78. The predicted octanol–water partition coefficient (Wildman–Crippen LogP) is 2.48. The van der Waals surface area contributed by atoms with Crippen LogP contribution in [-0.4, -0.2) is 26.1 Å². The molecule has 1 aromatic rings. The van der Waals surface area contributed by atoms with Gasteiger partial charge in [0.05, 0.1) is 5.69 Å². The molecule has 0 fully saturated rings. The third-order valence-corrected chi connectivity index (χ3v) is 4.21. The summed E-state index contributed by atoms with van der Waals surface area (Å²) in [5.74, 6) is -0.186. The fourth-order valence-corrected chi connectivity index (χ4v) is 2.80. The second-order valence-corrected chi connectivity index (χ2v) is 5.07. The Morgan fingerprint density at radius 2 is 2.31 bits per heavy atom. The summed E-state index contributed by atoms with van der Waals surface area (Å²) in [5, 5.41) is 13.3. The standard InChI is InChI=1S/C10H15ClN2O2S/c1-4-8(10(14)15)16-5-7-6(2)12-13(3)9(7)11/h8H,4-5H2,1-3H3,(H,14,15). The topological polar surface area (TPSA) is 55.1 Å². The Morgan fingerprint density at radius 3 is 2.69 bits per heavy atom. The number of aromatic nitrogens is 2. The molecule has 0 aliphatic rings. The molecule has 0 aromatic carbocycles. The second kappa shape index (κ2) is 5.59. The van der Waals surface area contributed by atoms with Crippen molar-refractivity contribution in [1.29, 1.82) is 0 Å². The van der Waals surface area contributed by atoms with Gasteiger partial charge in [0.15, 0.2) is 0 Å². The first-order valence-electron chi connectivity index (χ1n) is 4.99. The molecule has 0 amide bonds. The molecule has 0 spiro atoms. The molecular formula is C10H15ClN2O2S. The Labute approximate surface area is 104 Å². The van der Waals surface area contributed by atoms with E-state index in [0.29, 0.717) is 17.3 Å². The van der Waals surface area contributed by atoms with Gasteiger partial charge in [-0.2, -0.15) is 5.10 Å². The lowest BCUT2D eigenvalue weighted by Crippen LogP contribution is -2.15. The van der Waals surface area contributed by atoms with Crippen LogP contribution in [0.15, 0.2) is 0 Å². The lowest BCUT2D eigenvalue weighted by molar-refractivity contribution is -0.136. The minimum Gasteiger partial charge on any atom is -0.480 e. The number of carbonyl (C=O) groups is 1. The number of carboxylic acid groups (broad SMARTS) is 1. The molecule has 0 bridgehead atoms. The van der Waals surface area contributed by atoms with Gasteiger partial charge in [0.1, 0.15) is 10.4 Å². The highest BCUT2D eigenvalue weighted by Gasteiger charge is 2.18. The SMILES string of the molecule is CCC(SCc1c(C)nn(C)c1Cl)C(=O)O. The number of carboxylic acids is 1. The maximum Gasteiger partial charge on any atom is 0.316 e. The number of thioether (sulfide) groups is 1. The molecule has 1 atom stereocenters. The predicted molar refractivity (Wildman–Crippen MR) is 66.0 cm³/mol. The first kappa shape index (κ1) is 13.4. The van der Waals surface area contributed by atoms with Gasteiger partial charge in [-0.05, 0) is 13.3 Å². The molecule has 1 N–H and O–H groups in total. The third-order valence-electron chi connectivity index (χ3n) is 2.34. The number of hydrogen-bond acceptors (Lipinski definition) is 3. The molecule has 1 rings (SSSR count). The van der Waals surface area contributed by atoms with Crippen LogP contribution in [-0.2, 0) is 17.6 Å². The highest BCUT2D eigenvalue weighted by Crippen LogP contribution is 2.27. The van der Waals surface area contributed by atoms with Gasteiger partial charge in [-0.3, -0.25) is 9.48 Å². The molecule has 0 aliphatic carbocycles. The van der Waals surface area contributed by atoms with Crippen LogP contribution in [0.3, 0.4) is 0 Å². The first-order chi connectivity index (χ1) is 7.47. The van der Waals surface area contributed by atoms with Crippen molar-refractivity contribution >= 4 is 29.3 Å². The fourth-order valence-electron chi connectivity index (χ4n) is 1.39. The van der Waals surface area contributed by atoms with E-state index in [9.17, 15) is 4.79 Å². The van der Waals surface area contributed by atoms with Crippen LogP contribution in [0.25, 0.3) is 0 Å². The Kier molecular flexibility index (Phi) is 4.68. The van der Waals surface area contributed by atoms with E-state index in [1.807, 2.05) is 13.8 Å². The first-order valence-corrected chi connectivity index (χ1v) is 6.42. The third kappa shape index (κ3) is 2.92. The van der Waals surface area contributed by atoms with Gasteiger partial charge < -0.3 is 5.11 Å². The lowest BCUT2D eigenvalue weighted by Gasteiger charge is -2.08. The zero-order valence-electron chi connectivity index (χ0n) is 9.53. The summed E-state index contributed by atoms with van der Waals surface area (Å²) in [6.45, 7) is 3.74. The maximum atomic E-state index is 10.9. The van der Waals surface area contributed by atoms with E-state index in [2.05, 4.69) is 5.10 Å². The quantitative estimate of drug-likeness (QED) is 0.886. The highest BCUT2D eigenvalue weighted by molar-refractivity contribution is 7.99. The Hall–Kier alpha value is -0.680. The van der Waals surface area contributed by atoms with Crippen LogP contribution in [0, 0.1) is 6.92 Å². The number of rotatable bonds is 5. The van der Waals surface area contributed by atoms with E-state index in [0.717, 1.165) is 11.3 Å². The van der Waals surface area contributed by atoms with Crippen LogP contribution in [0.2, 0.25) is 5.15 Å². The highest BCUT2D eigenvalue weighted by atomic mass is 35.5. The van der Waals surface area contributed by atoms with E-state index in [4.69, 9.17) is 16.7 Å². The summed E-state index contributed by atoms with van der Waals surface area (Å²) in [5.41, 5.74) is 1.79. The summed E-state index contributed by atoms with van der Waals surface area (Å²) in [4.78, 5) is 10.9. The average molecular weight is 263 g/mol. The molecule has 1 heterocycles. The van der Waals surface area contributed by atoms with Crippen LogP contribution in [0.5, 0.6) is 0 Å². The molecule has 1 aromatic heterocycles. The van der Waals surface area contributed by atoms with Gasteiger partial charge in [-0.25, -0.2) is 0 Å².